The molecule has 1 aliphatic heterocycles. The monoisotopic (exact) mass is 233 g/mol. The SMILES string of the molecule is CCCC1CNCCC1c1ccccc1OC. The maximum atomic E-state index is 5.50. The molecule has 0 spiro atoms. The van der Waals surface area contributed by atoms with E-state index in [0.29, 0.717) is 5.92 Å². The van der Waals surface area contributed by atoms with Crippen molar-refractivity contribution in [3.05, 3.63) is 29.8 Å². The first kappa shape index (κ1) is 12.4. The predicted octanol–water partition coefficient (Wildman–Crippen LogP) is 3.19. The lowest BCUT2D eigenvalue weighted by Crippen LogP contribution is -2.35. The predicted molar refractivity (Wildman–Crippen MR) is 71.6 cm³/mol. The standard InChI is InChI=1S/C15H23NO/c1-3-6-12-11-16-10-9-13(12)14-7-4-5-8-15(14)17-2/h4-5,7-8,12-13,16H,3,6,9-11H2,1-2H3. The lowest BCUT2D eigenvalue weighted by Gasteiger charge is -2.33. The number of hydrogen-bond donors (Lipinski definition) is 1. The smallest absolute Gasteiger partial charge is 0.122 e. The van der Waals surface area contributed by atoms with Crippen LogP contribution in [0.1, 0.15) is 37.7 Å². The van der Waals surface area contributed by atoms with Crippen LogP contribution in [0.2, 0.25) is 0 Å². The molecule has 0 amide bonds. The van der Waals surface area contributed by atoms with Crippen molar-refractivity contribution in [2.24, 2.45) is 5.92 Å². The molecule has 1 aromatic rings. The molecule has 1 N–H and O–H groups in total. The Morgan fingerprint density at radius 3 is 2.94 bits per heavy atom. The number of rotatable bonds is 4. The second kappa shape index (κ2) is 6.06. The van der Waals surface area contributed by atoms with Gasteiger partial charge in [0.1, 0.15) is 5.75 Å². The fraction of sp³-hybridized carbons (Fsp3) is 0.600. The van der Waals surface area contributed by atoms with E-state index in [2.05, 4.69) is 36.5 Å². The zero-order valence-corrected chi connectivity index (χ0v) is 10.9. The fourth-order valence-corrected chi connectivity index (χ4v) is 2.98. The molecule has 1 saturated heterocycles. The van der Waals surface area contributed by atoms with Gasteiger partial charge in [0.05, 0.1) is 7.11 Å². The van der Waals surface area contributed by atoms with Crippen molar-refractivity contribution in [3.8, 4) is 5.75 Å². The molecule has 0 aromatic heterocycles. The van der Waals surface area contributed by atoms with Crippen LogP contribution in [0.3, 0.4) is 0 Å². The minimum atomic E-state index is 0.660. The molecule has 17 heavy (non-hydrogen) atoms. The largest absolute Gasteiger partial charge is 0.496 e. The number of benzene rings is 1. The van der Waals surface area contributed by atoms with E-state index in [9.17, 15) is 0 Å². The van der Waals surface area contributed by atoms with Gasteiger partial charge in [-0.25, -0.2) is 0 Å². The molecule has 0 aliphatic carbocycles. The van der Waals surface area contributed by atoms with Gasteiger partial charge in [0.25, 0.3) is 0 Å². The van der Waals surface area contributed by atoms with Gasteiger partial charge >= 0.3 is 0 Å². The summed E-state index contributed by atoms with van der Waals surface area (Å²) in [5.74, 6) is 2.47. The molecule has 1 aromatic carbocycles. The van der Waals surface area contributed by atoms with Gasteiger partial charge in [0.2, 0.25) is 0 Å². The summed E-state index contributed by atoms with van der Waals surface area (Å²) in [5.41, 5.74) is 1.40. The van der Waals surface area contributed by atoms with Crippen molar-refractivity contribution in [2.75, 3.05) is 20.2 Å². The average Bonchev–Trinajstić information content (AvgIpc) is 2.40. The van der Waals surface area contributed by atoms with E-state index in [4.69, 9.17) is 4.74 Å². The van der Waals surface area contributed by atoms with Crippen LogP contribution < -0.4 is 10.1 Å². The summed E-state index contributed by atoms with van der Waals surface area (Å²) in [6.45, 7) is 4.55. The number of hydrogen-bond acceptors (Lipinski definition) is 2. The lowest BCUT2D eigenvalue weighted by molar-refractivity contribution is 0.298. The second-order valence-electron chi connectivity index (χ2n) is 4.89. The molecule has 2 unspecified atom stereocenters. The Morgan fingerprint density at radius 2 is 2.18 bits per heavy atom. The molecule has 1 fully saturated rings. The summed E-state index contributed by atoms with van der Waals surface area (Å²) in [7, 11) is 1.77. The minimum Gasteiger partial charge on any atom is -0.496 e. The Hall–Kier alpha value is -1.02. The van der Waals surface area contributed by atoms with Crippen LogP contribution >= 0.6 is 0 Å². The number of ether oxygens (including phenoxy) is 1. The van der Waals surface area contributed by atoms with Crippen molar-refractivity contribution in [2.45, 2.75) is 32.1 Å². The van der Waals surface area contributed by atoms with E-state index in [-0.39, 0.29) is 0 Å². The van der Waals surface area contributed by atoms with Crippen molar-refractivity contribution >= 4 is 0 Å². The molecule has 0 saturated carbocycles. The van der Waals surface area contributed by atoms with Gasteiger partial charge in [-0.1, -0.05) is 31.5 Å². The van der Waals surface area contributed by atoms with E-state index in [1.807, 2.05) is 0 Å². The van der Waals surface area contributed by atoms with E-state index in [0.717, 1.165) is 24.8 Å². The van der Waals surface area contributed by atoms with Crippen LogP contribution in [0.4, 0.5) is 0 Å². The number of methoxy groups -OCH3 is 1. The lowest BCUT2D eigenvalue weighted by atomic mass is 9.78. The molecule has 2 atom stereocenters. The zero-order valence-electron chi connectivity index (χ0n) is 10.9. The third kappa shape index (κ3) is 2.81. The topological polar surface area (TPSA) is 21.3 Å². The molecule has 94 valence electrons. The number of para-hydroxylation sites is 1. The van der Waals surface area contributed by atoms with E-state index in [1.165, 1.54) is 24.8 Å². The van der Waals surface area contributed by atoms with Gasteiger partial charge in [-0.2, -0.15) is 0 Å². The number of nitrogens with one attached hydrogen (secondary N) is 1. The van der Waals surface area contributed by atoms with Crippen LogP contribution in [0.5, 0.6) is 5.75 Å². The van der Waals surface area contributed by atoms with Crippen LogP contribution in [-0.4, -0.2) is 20.2 Å². The third-order valence-corrected chi connectivity index (χ3v) is 3.81. The maximum Gasteiger partial charge on any atom is 0.122 e. The Kier molecular flexibility index (Phi) is 4.43. The van der Waals surface area contributed by atoms with Gasteiger partial charge in [-0.05, 0) is 49.4 Å². The second-order valence-corrected chi connectivity index (χ2v) is 4.89. The summed E-state index contributed by atoms with van der Waals surface area (Å²) < 4.78 is 5.50. The number of piperidine rings is 1. The summed E-state index contributed by atoms with van der Waals surface area (Å²) >= 11 is 0. The summed E-state index contributed by atoms with van der Waals surface area (Å²) in [6, 6.07) is 8.50. The van der Waals surface area contributed by atoms with Crippen molar-refractivity contribution in [1.29, 1.82) is 0 Å². The molecule has 2 rings (SSSR count). The first-order chi connectivity index (χ1) is 8.36. The van der Waals surface area contributed by atoms with Gasteiger partial charge in [-0.3, -0.25) is 0 Å². The van der Waals surface area contributed by atoms with Gasteiger partial charge in [0, 0.05) is 0 Å². The Morgan fingerprint density at radius 1 is 1.35 bits per heavy atom. The Bertz CT molecular complexity index is 349. The van der Waals surface area contributed by atoms with Crippen molar-refractivity contribution in [1.82, 2.24) is 5.32 Å². The normalized spacial score (nSPS) is 24.6. The highest BCUT2D eigenvalue weighted by Gasteiger charge is 2.27. The molecule has 0 radical (unpaired) electrons. The van der Waals surface area contributed by atoms with Crippen LogP contribution in [0.25, 0.3) is 0 Å². The van der Waals surface area contributed by atoms with Gasteiger partial charge in [-0.15, -0.1) is 0 Å². The third-order valence-electron chi connectivity index (χ3n) is 3.81. The first-order valence-electron chi connectivity index (χ1n) is 6.70. The van der Waals surface area contributed by atoms with Gasteiger partial charge in [0.15, 0.2) is 0 Å². The van der Waals surface area contributed by atoms with Crippen molar-refractivity contribution in [3.63, 3.8) is 0 Å². The summed E-state index contributed by atoms with van der Waals surface area (Å²) in [5, 5.41) is 3.52. The first-order valence-corrected chi connectivity index (χ1v) is 6.70. The molecule has 0 bridgehead atoms. The van der Waals surface area contributed by atoms with Crippen LogP contribution in [-0.2, 0) is 0 Å². The highest BCUT2D eigenvalue weighted by Crippen LogP contribution is 2.37. The quantitative estimate of drug-likeness (QED) is 0.862. The molecule has 1 aliphatic rings. The molecule has 1 heterocycles. The van der Waals surface area contributed by atoms with E-state index >= 15 is 0 Å². The van der Waals surface area contributed by atoms with Crippen molar-refractivity contribution < 1.29 is 4.74 Å². The van der Waals surface area contributed by atoms with Crippen LogP contribution in [0, 0.1) is 5.92 Å². The summed E-state index contributed by atoms with van der Waals surface area (Å²) in [4.78, 5) is 0. The maximum absolute atomic E-state index is 5.50. The Balaban J connectivity index is 2.22. The summed E-state index contributed by atoms with van der Waals surface area (Å²) in [6.07, 6.45) is 3.79. The van der Waals surface area contributed by atoms with Crippen LogP contribution in [0.15, 0.2) is 24.3 Å². The van der Waals surface area contributed by atoms with E-state index < -0.39 is 0 Å². The van der Waals surface area contributed by atoms with Gasteiger partial charge < -0.3 is 10.1 Å². The molecular weight excluding hydrogens is 210 g/mol. The molecule has 2 nitrogen and oxygen atoms in total. The highest BCUT2D eigenvalue weighted by atomic mass is 16.5. The fourth-order valence-electron chi connectivity index (χ4n) is 2.98. The Labute approximate surface area is 104 Å². The highest BCUT2D eigenvalue weighted by molar-refractivity contribution is 5.37. The van der Waals surface area contributed by atoms with E-state index in [1.54, 1.807) is 7.11 Å². The molecule has 2 heteroatoms. The minimum absolute atomic E-state index is 0.660. The average molecular weight is 233 g/mol. The molecular formula is C15H23NO. The zero-order chi connectivity index (χ0) is 12.1.